The number of amides is 4. The highest BCUT2D eigenvalue weighted by Gasteiger charge is 2.60. The molecule has 0 radical (unpaired) electrons. The third-order valence-electron chi connectivity index (χ3n) is 7.03. The van der Waals surface area contributed by atoms with Crippen molar-refractivity contribution in [3.05, 3.63) is 35.5 Å². The number of carbonyl (C=O) groups excluding carboxylic acids is 3. The second kappa shape index (κ2) is 9.56. The molecule has 10 heteroatoms. The molecule has 1 fully saturated rings. The fraction of sp³-hybridized carbons (Fsp3) is 0.520. The topological polar surface area (TPSA) is 123 Å². The Hall–Kier alpha value is -3.01. The molecule has 3 N–H and O–H groups in total. The van der Waals surface area contributed by atoms with Crippen molar-refractivity contribution >= 4 is 46.5 Å². The van der Waals surface area contributed by atoms with Crippen LogP contribution in [0.5, 0.6) is 0 Å². The van der Waals surface area contributed by atoms with Crippen LogP contribution in [-0.2, 0) is 26.3 Å². The van der Waals surface area contributed by atoms with Gasteiger partial charge in [0.25, 0.3) is 5.91 Å². The van der Waals surface area contributed by atoms with Gasteiger partial charge in [0.15, 0.2) is 5.54 Å². The van der Waals surface area contributed by atoms with Crippen molar-refractivity contribution in [2.45, 2.75) is 57.7 Å². The van der Waals surface area contributed by atoms with Crippen molar-refractivity contribution in [1.29, 1.82) is 0 Å². The molecule has 9 nitrogen and oxygen atoms in total. The molecular formula is C25H32N4O5S. The Bertz CT molecular complexity index is 1180. The summed E-state index contributed by atoms with van der Waals surface area (Å²) in [4.78, 5) is 58.7. The van der Waals surface area contributed by atoms with Gasteiger partial charge in [-0.25, -0.2) is 14.5 Å². The van der Waals surface area contributed by atoms with Crippen LogP contribution in [0.1, 0.15) is 44.9 Å². The van der Waals surface area contributed by atoms with Gasteiger partial charge in [-0.2, -0.15) is 11.8 Å². The summed E-state index contributed by atoms with van der Waals surface area (Å²) in [5, 5.41) is 13.2. The average Bonchev–Trinajstić information content (AvgIpc) is 3.28. The van der Waals surface area contributed by atoms with Crippen LogP contribution in [0.15, 0.2) is 24.3 Å². The van der Waals surface area contributed by atoms with E-state index in [0.29, 0.717) is 24.4 Å². The standard InChI is InChI=1S/C25H32N4O5S/c1-14(2)13-19(21(30)27-18(22(31)32)10-12-35-4)29-23(33)25(3)20-16(9-11-28(25)24(29)34)15-7-5-6-8-17(15)26-20/h5-8,14,18-19,26H,9-13H2,1-4H3,(H,27,30)(H,31,32)/t18-,19-,25-/m0/s1. The maximum absolute atomic E-state index is 14.0. The lowest BCUT2D eigenvalue weighted by Gasteiger charge is -2.36. The Morgan fingerprint density at radius 3 is 2.63 bits per heavy atom. The fourth-order valence-electron chi connectivity index (χ4n) is 5.23. The summed E-state index contributed by atoms with van der Waals surface area (Å²) in [6.07, 6.45) is 2.94. The minimum absolute atomic E-state index is 0.00473. The number of carbonyl (C=O) groups is 4. The van der Waals surface area contributed by atoms with E-state index in [4.69, 9.17) is 0 Å². The number of hydrogen-bond acceptors (Lipinski definition) is 5. The molecule has 0 aliphatic carbocycles. The highest BCUT2D eigenvalue weighted by Crippen LogP contribution is 2.45. The minimum Gasteiger partial charge on any atom is -0.480 e. The number of thioether (sulfide) groups is 1. The molecule has 1 aromatic heterocycles. The van der Waals surface area contributed by atoms with Crippen LogP contribution in [0, 0.1) is 5.92 Å². The molecule has 3 heterocycles. The summed E-state index contributed by atoms with van der Waals surface area (Å²) in [6, 6.07) is 5.10. The molecule has 2 aromatic rings. The molecule has 188 valence electrons. The highest BCUT2D eigenvalue weighted by molar-refractivity contribution is 7.98. The summed E-state index contributed by atoms with van der Waals surface area (Å²) >= 11 is 1.48. The number of aliphatic carboxylic acids is 1. The second-order valence-corrected chi connectivity index (χ2v) is 10.8. The highest BCUT2D eigenvalue weighted by atomic mass is 32.2. The molecule has 4 rings (SSSR count). The summed E-state index contributed by atoms with van der Waals surface area (Å²) in [6.45, 7) is 5.88. The number of aromatic amines is 1. The van der Waals surface area contributed by atoms with Gasteiger partial charge in [0.05, 0.1) is 5.69 Å². The zero-order valence-corrected chi connectivity index (χ0v) is 21.3. The Balaban J connectivity index is 1.70. The number of urea groups is 1. The van der Waals surface area contributed by atoms with E-state index >= 15 is 0 Å². The van der Waals surface area contributed by atoms with Crippen LogP contribution < -0.4 is 5.32 Å². The first-order chi connectivity index (χ1) is 16.6. The zero-order chi connectivity index (χ0) is 25.5. The summed E-state index contributed by atoms with van der Waals surface area (Å²) in [5.41, 5.74) is 1.33. The Morgan fingerprint density at radius 2 is 1.97 bits per heavy atom. The number of rotatable bonds is 9. The number of nitrogens with one attached hydrogen (secondary N) is 2. The number of hydrogen-bond donors (Lipinski definition) is 3. The molecule has 0 unspecified atom stereocenters. The van der Waals surface area contributed by atoms with Gasteiger partial charge >= 0.3 is 12.0 Å². The number of nitrogens with zero attached hydrogens (tertiary/aromatic N) is 2. The van der Waals surface area contributed by atoms with Gasteiger partial charge in [0.2, 0.25) is 5.91 Å². The number of carboxylic acid groups (broad SMARTS) is 1. The van der Waals surface area contributed by atoms with Crippen LogP contribution in [0.4, 0.5) is 4.79 Å². The van der Waals surface area contributed by atoms with E-state index in [2.05, 4.69) is 10.3 Å². The molecule has 0 bridgehead atoms. The smallest absolute Gasteiger partial charge is 0.328 e. The molecule has 35 heavy (non-hydrogen) atoms. The quantitative estimate of drug-likeness (QED) is 0.455. The van der Waals surface area contributed by atoms with Gasteiger partial charge in [-0.1, -0.05) is 32.0 Å². The van der Waals surface area contributed by atoms with Crippen molar-refractivity contribution in [3.63, 3.8) is 0 Å². The van der Waals surface area contributed by atoms with Crippen molar-refractivity contribution in [2.75, 3.05) is 18.6 Å². The molecular weight excluding hydrogens is 468 g/mol. The van der Waals surface area contributed by atoms with Crippen molar-refractivity contribution in [1.82, 2.24) is 20.1 Å². The number of aromatic nitrogens is 1. The predicted octanol–water partition coefficient (Wildman–Crippen LogP) is 2.94. The normalized spacial score (nSPS) is 21.3. The van der Waals surface area contributed by atoms with Crippen LogP contribution in [0.2, 0.25) is 0 Å². The van der Waals surface area contributed by atoms with Gasteiger partial charge in [0.1, 0.15) is 12.1 Å². The van der Waals surface area contributed by atoms with Crippen molar-refractivity contribution in [2.24, 2.45) is 5.92 Å². The molecule has 1 aromatic carbocycles. The number of fused-ring (bicyclic) bond motifs is 5. The fourth-order valence-corrected chi connectivity index (χ4v) is 5.70. The Kier molecular flexibility index (Phi) is 6.86. The first-order valence-corrected chi connectivity index (χ1v) is 13.3. The van der Waals surface area contributed by atoms with Crippen LogP contribution in [0.3, 0.4) is 0 Å². The Labute approximate surface area is 208 Å². The van der Waals surface area contributed by atoms with Gasteiger partial charge < -0.3 is 20.3 Å². The number of carboxylic acids is 1. The molecule has 0 spiro atoms. The van der Waals surface area contributed by atoms with E-state index in [1.54, 1.807) is 6.92 Å². The minimum atomic E-state index is -1.26. The lowest BCUT2D eigenvalue weighted by Crippen LogP contribution is -2.54. The van der Waals surface area contributed by atoms with Gasteiger partial charge in [-0.3, -0.25) is 9.59 Å². The third kappa shape index (κ3) is 4.17. The SMILES string of the molecule is CSCC[C@H](NC(=O)[C@H](CC(C)C)N1C(=O)N2CCc3c([nH]c4ccccc34)[C@@]2(C)C1=O)C(=O)O. The van der Waals surface area contributed by atoms with Crippen LogP contribution in [-0.4, -0.2) is 74.3 Å². The molecule has 1 saturated heterocycles. The number of para-hydroxylation sites is 1. The van der Waals surface area contributed by atoms with E-state index in [1.165, 1.54) is 16.7 Å². The lowest BCUT2D eigenvalue weighted by atomic mass is 9.86. The first kappa shape index (κ1) is 25.1. The zero-order valence-electron chi connectivity index (χ0n) is 20.5. The first-order valence-electron chi connectivity index (χ1n) is 11.9. The van der Waals surface area contributed by atoms with Crippen LogP contribution in [0.25, 0.3) is 10.9 Å². The number of imide groups is 1. The van der Waals surface area contributed by atoms with Crippen LogP contribution >= 0.6 is 11.8 Å². The van der Waals surface area contributed by atoms with E-state index in [-0.39, 0.29) is 18.8 Å². The van der Waals surface area contributed by atoms with E-state index in [9.17, 15) is 24.3 Å². The van der Waals surface area contributed by atoms with Crippen molar-refractivity contribution < 1.29 is 24.3 Å². The second-order valence-electron chi connectivity index (χ2n) is 9.78. The maximum Gasteiger partial charge on any atom is 0.328 e. The average molecular weight is 501 g/mol. The summed E-state index contributed by atoms with van der Waals surface area (Å²) in [5.74, 6) is -1.67. The molecule has 0 saturated carbocycles. The molecule has 4 amide bonds. The summed E-state index contributed by atoms with van der Waals surface area (Å²) in [7, 11) is 0. The third-order valence-corrected chi connectivity index (χ3v) is 7.68. The lowest BCUT2D eigenvalue weighted by molar-refractivity contribution is -0.144. The number of benzene rings is 1. The monoisotopic (exact) mass is 500 g/mol. The molecule has 2 aliphatic rings. The Morgan fingerprint density at radius 1 is 1.26 bits per heavy atom. The largest absolute Gasteiger partial charge is 0.480 e. The van der Waals surface area contributed by atoms with Gasteiger partial charge in [-0.05, 0) is 55.7 Å². The van der Waals surface area contributed by atoms with Crippen molar-refractivity contribution in [3.8, 4) is 0 Å². The van der Waals surface area contributed by atoms with Gasteiger partial charge in [-0.15, -0.1) is 0 Å². The number of H-pyrrole nitrogens is 1. The summed E-state index contributed by atoms with van der Waals surface area (Å²) < 4.78 is 0. The van der Waals surface area contributed by atoms with E-state index in [0.717, 1.165) is 21.4 Å². The van der Waals surface area contributed by atoms with E-state index in [1.807, 2.05) is 44.4 Å². The molecule has 3 atom stereocenters. The maximum atomic E-state index is 14.0. The predicted molar refractivity (Wildman–Crippen MR) is 134 cm³/mol. The van der Waals surface area contributed by atoms with Gasteiger partial charge in [0, 0.05) is 17.4 Å². The molecule has 2 aliphatic heterocycles. The van der Waals surface area contributed by atoms with E-state index < -0.39 is 41.4 Å².